The molecule has 0 N–H and O–H groups in total. The van der Waals surface area contributed by atoms with Crippen molar-refractivity contribution in [1.82, 2.24) is 4.31 Å². The Bertz CT molecular complexity index is 104. The molecule has 0 aliphatic carbocycles. The first-order valence-electron chi connectivity index (χ1n) is 3.24. The zero-order valence-corrected chi connectivity index (χ0v) is 6.52. The fourth-order valence-electron chi connectivity index (χ4n) is 0.793. The minimum Gasteiger partial charge on any atom is -0.379 e. The monoisotopic (exact) mass is 160 g/mol. The molecule has 1 rings (SSSR count). The van der Waals surface area contributed by atoms with Gasteiger partial charge in [-0.1, -0.05) is 11.9 Å². The second kappa shape index (κ2) is 4.71. The van der Waals surface area contributed by atoms with Crippen molar-refractivity contribution < 1.29 is 9.53 Å². The van der Waals surface area contributed by atoms with E-state index < -0.39 is 0 Å². The summed E-state index contributed by atoms with van der Waals surface area (Å²) in [6, 6.07) is 0. The quantitative estimate of drug-likeness (QED) is 0.547. The van der Waals surface area contributed by atoms with Crippen LogP contribution in [0.5, 0.6) is 0 Å². The molecular formula is C6H10NO2S. The highest BCUT2D eigenvalue weighted by Gasteiger charge is 2.09. The highest BCUT2D eigenvalue weighted by molar-refractivity contribution is 7.97. The maximum atomic E-state index is 9.84. The van der Waals surface area contributed by atoms with Crippen LogP contribution in [0.15, 0.2) is 0 Å². The molecule has 0 aromatic rings. The van der Waals surface area contributed by atoms with Gasteiger partial charge in [0, 0.05) is 13.1 Å². The van der Waals surface area contributed by atoms with Crippen LogP contribution in [0.1, 0.15) is 0 Å². The summed E-state index contributed by atoms with van der Waals surface area (Å²) in [5, 5.41) is 0. The van der Waals surface area contributed by atoms with Gasteiger partial charge in [-0.2, -0.15) is 0 Å². The van der Waals surface area contributed by atoms with E-state index >= 15 is 0 Å². The Morgan fingerprint density at radius 3 is 2.80 bits per heavy atom. The van der Waals surface area contributed by atoms with E-state index in [1.54, 1.807) is 0 Å². The van der Waals surface area contributed by atoms with Gasteiger partial charge in [0.15, 0.2) is 0 Å². The van der Waals surface area contributed by atoms with Gasteiger partial charge in [0.25, 0.3) is 0 Å². The van der Waals surface area contributed by atoms with Crippen molar-refractivity contribution in [3.63, 3.8) is 0 Å². The van der Waals surface area contributed by atoms with Gasteiger partial charge in [0.1, 0.15) is 0 Å². The van der Waals surface area contributed by atoms with Gasteiger partial charge in [-0.3, -0.25) is 4.79 Å². The molecule has 0 amide bonds. The molecule has 1 fully saturated rings. The molecule has 1 saturated heterocycles. The molecule has 1 radical (unpaired) electrons. The molecule has 57 valence electrons. The fraction of sp³-hybridized carbons (Fsp3) is 0.833. The molecule has 0 bridgehead atoms. The number of ether oxygens (including phenoxy) is 1. The van der Waals surface area contributed by atoms with Crippen LogP contribution in [-0.4, -0.2) is 42.6 Å². The molecule has 0 unspecified atom stereocenters. The number of rotatable bonds is 3. The van der Waals surface area contributed by atoms with Crippen LogP contribution < -0.4 is 0 Å². The number of carbonyl (C=O) groups excluding carboxylic acids is 1. The van der Waals surface area contributed by atoms with E-state index in [1.165, 1.54) is 11.9 Å². The Hall–Kier alpha value is -0.0600. The summed E-state index contributed by atoms with van der Waals surface area (Å²) in [5.41, 5.74) is 0. The highest BCUT2D eigenvalue weighted by atomic mass is 32.2. The van der Waals surface area contributed by atoms with Gasteiger partial charge >= 0.3 is 0 Å². The number of nitrogens with zero attached hydrogens (tertiary/aromatic N) is 1. The predicted octanol–water partition coefficient (Wildman–Crippen LogP) is 0.0765. The second-order valence-electron chi connectivity index (χ2n) is 1.96. The molecule has 0 saturated carbocycles. The lowest BCUT2D eigenvalue weighted by molar-refractivity contribution is 0.0774. The van der Waals surface area contributed by atoms with E-state index in [0.717, 1.165) is 26.3 Å². The molecule has 1 aliphatic heterocycles. The SMILES string of the molecule is O=[C]CSN1CCOCC1. The zero-order valence-electron chi connectivity index (χ0n) is 5.71. The molecule has 0 aromatic carbocycles. The van der Waals surface area contributed by atoms with E-state index in [-0.39, 0.29) is 0 Å². The van der Waals surface area contributed by atoms with Crippen molar-refractivity contribution in [3.8, 4) is 0 Å². The van der Waals surface area contributed by atoms with Crippen LogP contribution in [0.2, 0.25) is 0 Å². The summed E-state index contributed by atoms with van der Waals surface area (Å²) in [6.45, 7) is 3.41. The van der Waals surface area contributed by atoms with Crippen molar-refractivity contribution >= 4 is 18.2 Å². The van der Waals surface area contributed by atoms with Crippen LogP contribution in [0.4, 0.5) is 0 Å². The van der Waals surface area contributed by atoms with Gasteiger partial charge in [0.05, 0.1) is 19.0 Å². The Labute approximate surface area is 64.9 Å². The molecule has 10 heavy (non-hydrogen) atoms. The lowest BCUT2D eigenvalue weighted by Gasteiger charge is -2.24. The topological polar surface area (TPSA) is 29.5 Å². The van der Waals surface area contributed by atoms with E-state index in [4.69, 9.17) is 4.74 Å². The maximum absolute atomic E-state index is 9.84. The Kier molecular flexibility index (Phi) is 3.79. The van der Waals surface area contributed by atoms with Gasteiger partial charge in [-0.25, -0.2) is 4.31 Å². The number of morpholine rings is 1. The van der Waals surface area contributed by atoms with Gasteiger partial charge in [0.2, 0.25) is 6.29 Å². The zero-order chi connectivity index (χ0) is 7.23. The number of hydrogen-bond donors (Lipinski definition) is 0. The van der Waals surface area contributed by atoms with Crippen molar-refractivity contribution in [3.05, 3.63) is 0 Å². The number of hydrogen-bond acceptors (Lipinski definition) is 4. The molecule has 0 atom stereocenters. The minimum absolute atomic E-state index is 0.444. The van der Waals surface area contributed by atoms with Crippen molar-refractivity contribution in [1.29, 1.82) is 0 Å². The molecule has 0 aromatic heterocycles. The second-order valence-corrected chi connectivity index (χ2v) is 3.02. The molecular weight excluding hydrogens is 150 g/mol. The lowest BCUT2D eigenvalue weighted by Crippen LogP contribution is -2.31. The van der Waals surface area contributed by atoms with Gasteiger partial charge in [-0.15, -0.1) is 0 Å². The predicted molar refractivity (Wildman–Crippen MR) is 40.5 cm³/mol. The third-order valence-corrected chi connectivity index (χ3v) is 2.25. The van der Waals surface area contributed by atoms with Crippen LogP contribution in [-0.2, 0) is 9.53 Å². The third kappa shape index (κ3) is 2.68. The smallest absolute Gasteiger partial charge is 0.210 e. The molecule has 0 spiro atoms. The van der Waals surface area contributed by atoms with E-state index in [0.29, 0.717) is 5.75 Å². The van der Waals surface area contributed by atoms with E-state index in [1.807, 2.05) is 6.29 Å². The molecule has 1 aliphatic rings. The average Bonchev–Trinajstić information content (AvgIpc) is 2.03. The van der Waals surface area contributed by atoms with Crippen LogP contribution in [0, 0.1) is 0 Å². The van der Waals surface area contributed by atoms with Crippen molar-refractivity contribution in [2.24, 2.45) is 0 Å². The largest absolute Gasteiger partial charge is 0.379 e. The van der Waals surface area contributed by atoms with Gasteiger partial charge in [-0.05, 0) is 0 Å². The fourth-order valence-corrected chi connectivity index (χ4v) is 1.44. The average molecular weight is 160 g/mol. The summed E-state index contributed by atoms with van der Waals surface area (Å²) < 4.78 is 7.26. The van der Waals surface area contributed by atoms with Crippen LogP contribution in [0.3, 0.4) is 0 Å². The summed E-state index contributed by atoms with van der Waals surface area (Å²) in [6.07, 6.45) is 1.85. The molecule has 4 heteroatoms. The Balaban J connectivity index is 2.07. The molecule has 3 nitrogen and oxygen atoms in total. The Morgan fingerprint density at radius 1 is 1.50 bits per heavy atom. The summed E-state index contributed by atoms with van der Waals surface area (Å²) in [4.78, 5) is 9.84. The third-order valence-electron chi connectivity index (χ3n) is 1.28. The Morgan fingerprint density at radius 2 is 2.20 bits per heavy atom. The minimum atomic E-state index is 0.444. The summed E-state index contributed by atoms with van der Waals surface area (Å²) in [5.74, 6) is 0.444. The summed E-state index contributed by atoms with van der Waals surface area (Å²) in [7, 11) is 0. The van der Waals surface area contributed by atoms with Gasteiger partial charge < -0.3 is 4.74 Å². The lowest BCUT2D eigenvalue weighted by atomic mass is 10.5. The first kappa shape index (κ1) is 8.04. The van der Waals surface area contributed by atoms with E-state index in [9.17, 15) is 4.79 Å². The maximum Gasteiger partial charge on any atom is 0.210 e. The highest BCUT2D eigenvalue weighted by Crippen LogP contribution is 2.09. The first-order chi connectivity index (χ1) is 4.93. The van der Waals surface area contributed by atoms with Crippen molar-refractivity contribution in [2.75, 3.05) is 32.1 Å². The summed E-state index contributed by atoms with van der Waals surface area (Å²) >= 11 is 1.53. The normalized spacial score (nSPS) is 20.8. The van der Waals surface area contributed by atoms with Crippen LogP contribution >= 0.6 is 11.9 Å². The first-order valence-corrected chi connectivity index (χ1v) is 4.18. The van der Waals surface area contributed by atoms with Crippen molar-refractivity contribution in [2.45, 2.75) is 0 Å². The molecule has 1 heterocycles. The standard InChI is InChI=1S/C6H10NO2S/c8-3-6-10-7-1-4-9-5-2-7/h1-2,4-6H2. The van der Waals surface area contributed by atoms with E-state index in [2.05, 4.69) is 4.31 Å². The van der Waals surface area contributed by atoms with Crippen LogP contribution in [0.25, 0.3) is 0 Å².